The fraction of sp³-hybridized carbons (Fsp3) is 0.464. The number of para-hydroxylation sites is 2. The Balaban J connectivity index is 1.78. The Morgan fingerprint density at radius 2 is 1.55 bits per heavy atom. The molecule has 0 aliphatic carbocycles. The number of thioether (sulfide) groups is 1. The molecule has 3 aromatic heterocycles. The zero-order chi connectivity index (χ0) is 28.9. The highest BCUT2D eigenvalue weighted by Gasteiger charge is 2.21. The highest BCUT2D eigenvalue weighted by molar-refractivity contribution is 7.98. The molecule has 0 atom stereocenters. The molecule has 0 fully saturated rings. The molecule has 1 aromatic carbocycles. The first kappa shape index (κ1) is 30.3. The Kier molecular flexibility index (Phi) is 9.78. The standard InChI is InChI=1S/C28H40N6O3SSi2/c1-38-28-29-13-12-22(31-28)24-18-21(27(35)34(32-24)20-37-15-17-40(5,6)7)26-30-23-10-8-9-11-25(23)33(26)19-36-14-16-39(2,3)4/h8-13,18H,14-17,19-20H2,1-7H3. The molecule has 0 unspecified atom stereocenters. The van der Waals surface area contributed by atoms with Crippen molar-refractivity contribution in [3.63, 3.8) is 0 Å². The summed E-state index contributed by atoms with van der Waals surface area (Å²) in [4.78, 5) is 27.7. The maximum absolute atomic E-state index is 13.9. The van der Waals surface area contributed by atoms with Gasteiger partial charge in [0.2, 0.25) is 0 Å². The summed E-state index contributed by atoms with van der Waals surface area (Å²) < 4.78 is 15.5. The molecule has 9 nitrogen and oxygen atoms in total. The van der Waals surface area contributed by atoms with Gasteiger partial charge in [0.25, 0.3) is 5.56 Å². The van der Waals surface area contributed by atoms with E-state index in [1.165, 1.54) is 16.4 Å². The van der Waals surface area contributed by atoms with Crippen molar-refractivity contribution in [1.29, 1.82) is 0 Å². The predicted molar refractivity (Wildman–Crippen MR) is 168 cm³/mol. The molecule has 0 amide bonds. The first-order valence-electron chi connectivity index (χ1n) is 13.6. The third-order valence-corrected chi connectivity index (χ3v) is 10.3. The van der Waals surface area contributed by atoms with Crippen molar-refractivity contribution in [2.75, 3.05) is 19.5 Å². The molecule has 0 saturated heterocycles. The van der Waals surface area contributed by atoms with Gasteiger partial charge in [-0.1, -0.05) is 63.2 Å². The minimum atomic E-state index is -1.28. The molecule has 4 rings (SSSR count). The second kappa shape index (κ2) is 12.9. The van der Waals surface area contributed by atoms with Crippen LogP contribution in [0.25, 0.3) is 33.8 Å². The molecule has 12 heteroatoms. The molecule has 0 N–H and O–H groups in total. The van der Waals surface area contributed by atoms with E-state index in [-0.39, 0.29) is 12.3 Å². The van der Waals surface area contributed by atoms with E-state index in [2.05, 4.69) is 54.3 Å². The van der Waals surface area contributed by atoms with Gasteiger partial charge in [0.05, 0.1) is 22.3 Å². The molecule has 0 spiro atoms. The van der Waals surface area contributed by atoms with Crippen molar-refractivity contribution < 1.29 is 9.47 Å². The molecule has 40 heavy (non-hydrogen) atoms. The Labute approximate surface area is 242 Å². The monoisotopic (exact) mass is 596 g/mol. The minimum absolute atomic E-state index is 0.0531. The summed E-state index contributed by atoms with van der Waals surface area (Å²) in [5.74, 6) is 0.540. The van der Waals surface area contributed by atoms with Crippen LogP contribution in [0.5, 0.6) is 0 Å². The average molecular weight is 597 g/mol. The van der Waals surface area contributed by atoms with Crippen LogP contribution >= 0.6 is 11.8 Å². The van der Waals surface area contributed by atoms with Crippen molar-refractivity contribution in [1.82, 2.24) is 29.3 Å². The highest BCUT2D eigenvalue weighted by Crippen LogP contribution is 2.26. The molecule has 3 heterocycles. The van der Waals surface area contributed by atoms with Crippen molar-refractivity contribution in [3.05, 3.63) is 52.9 Å². The number of imidazole rings is 1. The summed E-state index contributed by atoms with van der Waals surface area (Å²) in [5.41, 5.74) is 3.05. The highest BCUT2D eigenvalue weighted by atomic mass is 32.2. The number of aromatic nitrogens is 6. The predicted octanol–water partition coefficient (Wildman–Crippen LogP) is 6.06. The SMILES string of the molecule is CSc1nccc(-c2cc(-c3nc4ccccc4n3COCC[Si](C)(C)C)c(=O)n(COCC[Si](C)(C)C)n2)n1. The lowest BCUT2D eigenvalue weighted by Crippen LogP contribution is -2.28. The fourth-order valence-corrected chi connectivity index (χ4v) is 5.84. The molecule has 4 aromatic rings. The Bertz CT molecular complexity index is 1510. The van der Waals surface area contributed by atoms with E-state index in [0.29, 0.717) is 47.9 Å². The van der Waals surface area contributed by atoms with Crippen LogP contribution in [0, 0.1) is 0 Å². The van der Waals surface area contributed by atoms with Gasteiger partial charge in [0.15, 0.2) is 5.16 Å². The minimum Gasteiger partial charge on any atom is -0.361 e. The Morgan fingerprint density at radius 1 is 0.875 bits per heavy atom. The van der Waals surface area contributed by atoms with Gasteiger partial charge in [-0.3, -0.25) is 9.36 Å². The van der Waals surface area contributed by atoms with Gasteiger partial charge < -0.3 is 9.47 Å². The molecule has 214 valence electrons. The van der Waals surface area contributed by atoms with E-state index in [1.54, 1.807) is 18.3 Å². The normalized spacial score (nSPS) is 12.4. The van der Waals surface area contributed by atoms with Gasteiger partial charge in [-0.05, 0) is 42.6 Å². The summed E-state index contributed by atoms with van der Waals surface area (Å²) in [5, 5.41) is 5.28. The topological polar surface area (TPSA) is 97.0 Å². The number of nitrogens with zero attached hydrogens (tertiary/aromatic N) is 6. The summed E-state index contributed by atoms with van der Waals surface area (Å²) in [6, 6.07) is 13.5. The van der Waals surface area contributed by atoms with Crippen LogP contribution in [0.3, 0.4) is 0 Å². The largest absolute Gasteiger partial charge is 0.361 e. The Morgan fingerprint density at radius 3 is 2.23 bits per heavy atom. The van der Waals surface area contributed by atoms with Gasteiger partial charge in [-0.2, -0.15) is 5.10 Å². The van der Waals surface area contributed by atoms with Crippen LogP contribution in [-0.2, 0) is 22.9 Å². The number of hydrogen-bond donors (Lipinski definition) is 0. The van der Waals surface area contributed by atoms with Gasteiger partial charge >= 0.3 is 0 Å². The van der Waals surface area contributed by atoms with Crippen LogP contribution in [0.4, 0.5) is 0 Å². The maximum Gasteiger partial charge on any atom is 0.280 e. The number of benzene rings is 1. The van der Waals surface area contributed by atoms with Crippen molar-refractivity contribution in [2.45, 2.75) is 70.0 Å². The summed E-state index contributed by atoms with van der Waals surface area (Å²) in [6.45, 7) is 15.5. The van der Waals surface area contributed by atoms with Gasteiger partial charge in [-0.15, -0.1) is 0 Å². The zero-order valence-electron chi connectivity index (χ0n) is 24.6. The maximum atomic E-state index is 13.9. The first-order valence-corrected chi connectivity index (χ1v) is 22.2. The van der Waals surface area contributed by atoms with Crippen LogP contribution in [0.2, 0.25) is 51.4 Å². The van der Waals surface area contributed by atoms with Crippen LogP contribution in [0.1, 0.15) is 0 Å². The van der Waals surface area contributed by atoms with E-state index in [4.69, 9.17) is 14.5 Å². The van der Waals surface area contributed by atoms with E-state index >= 15 is 0 Å². The lowest BCUT2D eigenvalue weighted by molar-refractivity contribution is 0.0752. The molecule has 0 aliphatic heterocycles. The number of fused-ring (bicyclic) bond motifs is 1. The quantitative estimate of drug-likeness (QED) is 0.0795. The molecular formula is C28H40N6O3SSi2. The van der Waals surface area contributed by atoms with E-state index in [0.717, 1.165) is 23.1 Å². The van der Waals surface area contributed by atoms with Crippen molar-refractivity contribution >= 4 is 38.9 Å². The fourth-order valence-electron chi connectivity index (χ4n) is 3.97. The average Bonchev–Trinajstić information content (AvgIpc) is 3.27. The summed E-state index contributed by atoms with van der Waals surface area (Å²) >= 11 is 1.45. The third-order valence-electron chi connectivity index (χ3n) is 6.38. The van der Waals surface area contributed by atoms with Crippen LogP contribution in [0.15, 0.2) is 52.5 Å². The number of rotatable bonds is 13. The second-order valence-corrected chi connectivity index (χ2v) is 24.2. The van der Waals surface area contributed by atoms with Crippen molar-refractivity contribution in [3.8, 4) is 22.8 Å². The molecular weight excluding hydrogens is 557 g/mol. The zero-order valence-corrected chi connectivity index (χ0v) is 27.4. The third kappa shape index (κ3) is 7.97. The van der Waals surface area contributed by atoms with E-state index in [9.17, 15) is 4.79 Å². The van der Waals surface area contributed by atoms with Crippen LogP contribution < -0.4 is 5.56 Å². The molecule has 0 saturated carbocycles. The molecule has 0 bridgehead atoms. The number of ether oxygens (including phenoxy) is 2. The molecule has 0 radical (unpaired) electrons. The van der Waals surface area contributed by atoms with Gasteiger partial charge in [-0.25, -0.2) is 19.6 Å². The summed E-state index contributed by atoms with van der Waals surface area (Å²) in [7, 11) is -2.52. The van der Waals surface area contributed by atoms with Crippen molar-refractivity contribution in [2.24, 2.45) is 0 Å². The van der Waals surface area contributed by atoms with Crippen LogP contribution in [-0.4, -0.2) is 64.9 Å². The number of hydrogen-bond acceptors (Lipinski definition) is 8. The smallest absolute Gasteiger partial charge is 0.280 e. The lowest BCUT2D eigenvalue weighted by Gasteiger charge is -2.17. The first-order chi connectivity index (χ1) is 18.9. The van der Waals surface area contributed by atoms with Gasteiger partial charge in [0.1, 0.15) is 25.0 Å². The van der Waals surface area contributed by atoms with Gasteiger partial charge in [0, 0.05) is 35.6 Å². The Hall–Kier alpha value is -2.65. The second-order valence-electron chi connectivity index (χ2n) is 12.2. The molecule has 0 aliphatic rings. The van der Waals surface area contributed by atoms with E-state index < -0.39 is 16.1 Å². The summed E-state index contributed by atoms with van der Waals surface area (Å²) in [6.07, 6.45) is 3.63. The van der Waals surface area contributed by atoms with E-state index in [1.807, 2.05) is 35.1 Å². The lowest BCUT2D eigenvalue weighted by atomic mass is 10.2.